The van der Waals surface area contributed by atoms with Gasteiger partial charge in [-0.05, 0) is 24.7 Å². The van der Waals surface area contributed by atoms with E-state index in [1.165, 1.54) is 0 Å². The average Bonchev–Trinajstić information content (AvgIpc) is 3.03. The first kappa shape index (κ1) is 10.3. The Balaban J connectivity index is 2.08. The van der Waals surface area contributed by atoms with Crippen LogP contribution in [-0.2, 0) is 4.74 Å². The number of hydrogen-bond donors (Lipinski definition) is 1. The van der Waals surface area contributed by atoms with Crippen molar-refractivity contribution >= 4 is 0 Å². The third kappa shape index (κ3) is 1.04. The molecule has 6 atom stereocenters. The second kappa shape index (κ2) is 2.88. The van der Waals surface area contributed by atoms with Crippen LogP contribution in [0.15, 0.2) is 12.2 Å². The third-order valence-electron chi connectivity index (χ3n) is 4.52. The van der Waals surface area contributed by atoms with Crippen molar-refractivity contribution in [2.24, 2.45) is 17.3 Å². The van der Waals surface area contributed by atoms with Crippen LogP contribution in [0.2, 0.25) is 0 Å². The summed E-state index contributed by atoms with van der Waals surface area (Å²) in [6, 6.07) is 2.40. The number of rotatable bonds is 0. The second-order valence-electron chi connectivity index (χ2n) is 5.76. The van der Waals surface area contributed by atoms with Gasteiger partial charge in [0.1, 0.15) is 11.7 Å². The van der Waals surface area contributed by atoms with Crippen LogP contribution in [0.25, 0.3) is 0 Å². The maximum absolute atomic E-state index is 10.8. The van der Waals surface area contributed by atoms with E-state index in [-0.39, 0.29) is 12.2 Å². The lowest BCUT2D eigenvalue weighted by Gasteiger charge is -2.47. The maximum atomic E-state index is 10.8. The minimum absolute atomic E-state index is 0.153. The Morgan fingerprint density at radius 3 is 2.88 bits per heavy atom. The summed E-state index contributed by atoms with van der Waals surface area (Å²) in [6.07, 6.45) is 5.33. The summed E-state index contributed by atoms with van der Waals surface area (Å²) in [5.74, 6) is 0.742. The highest BCUT2D eigenvalue weighted by atomic mass is 16.6. The van der Waals surface area contributed by atoms with E-state index in [0.717, 1.165) is 12.8 Å². The topological polar surface area (TPSA) is 56.5 Å². The molecule has 1 saturated heterocycles. The van der Waals surface area contributed by atoms with Gasteiger partial charge in [0.2, 0.25) is 0 Å². The first-order valence-corrected chi connectivity index (χ1v) is 6.01. The summed E-state index contributed by atoms with van der Waals surface area (Å²) in [5, 5.41) is 20.3. The molecule has 2 aliphatic carbocycles. The van der Waals surface area contributed by atoms with Crippen molar-refractivity contribution in [3.8, 4) is 6.07 Å². The van der Waals surface area contributed by atoms with Crippen LogP contribution in [-0.4, -0.2) is 22.9 Å². The minimum Gasteiger partial charge on any atom is -0.381 e. The first-order chi connectivity index (χ1) is 7.52. The summed E-state index contributed by atoms with van der Waals surface area (Å²) in [7, 11) is 0. The van der Waals surface area contributed by atoms with Crippen molar-refractivity contribution in [1.29, 1.82) is 5.26 Å². The van der Waals surface area contributed by atoms with E-state index in [1.54, 1.807) is 0 Å². The predicted octanol–water partition coefficient (Wildman–Crippen LogP) is 1.63. The highest BCUT2D eigenvalue weighted by Crippen LogP contribution is 2.59. The Morgan fingerprint density at radius 1 is 1.44 bits per heavy atom. The zero-order valence-electron chi connectivity index (χ0n) is 9.68. The highest BCUT2D eigenvalue weighted by molar-refractivity contribution is 5.32. The van der Waals surface area contributed by atoms with Gasteiger partial charge in [0.05, 0.1) is 17.6 Å². The van der Waals surface area contributed by atoms with Gasteiger partial charge in [-0.15, -0.1) is 0 Å². The number of nitrogens with zero attached hydrogens (tertiary/aromatic N) is 1. The van der Waals surface area contributed by atoms with Crippen molar-refractivity contribution in [1.82, 2.24) is 0 Å². The van der Waals surface area contributed by atoms with E-state index in [4.69, 9.17) is 4.74 Å². The van der Waals surface area contributed by atoms with Gasteiger partial charge >= 0.3 is 0 Å². The monoisotopic (exact) mass is 219 g/mol. The number of epoxide rings is 1. The molecule has 86 valence electrons. The Bertz CT molecular complexity index is 399. The Labute approximate surface area is 95.7 Å². The lowest BCUT2D eigenvalue weighted by atomic mass is 9.56. The molecule has 0 aromatic carbocycles. The molecule has 1 saturated carbocycles. The molecule has 16 heavy (non-hydrogen) atoms. The SMILES string of the molecule is C[C@@H]1C=C[C@@]2(O)[C@H]3O[C@H]3[C@H](C)C[C@@]2(C#N)C1. The fraction of sp³-hybridized carbons (Fsp3) is 0.769. The first-order valence-electron chi connectivity index (χ1n) is 6.01. The van der Waals surface area contributed by atoms with Crippen LogP contribution >= 0.6 is 0 Å². The molecule has 2 fully saturated rings. The molecule has 0 spiro atoms. The van der Waals surface area contributed by atoms with Gasteiger partial charge in [-0.1, -0.05) is 26.0 Å². The average molecular weight is 219 g/mol. The minimum atomic E-state index is -1.05. The molecule has 0 bridgehead atoms. The van der Waals surface area contributed by atoms with Crippen LogP contribution in [0.5, 0.6) is 0 Å². The van der Waals surface area contributed by atoms with E-state index in [0.29, 0.717) is 11.8 Å². The lowest BCUT2D eigenvalue weighted by Crippen LogP contribution is -2.57. The molecular weight excluding hydrogens is 202 g/mol. The van der Waals surface area contributed by atoms with E-state index in [1.807, 2.05) is 12.2 Å². The molecule has 0 amide bonds. The van der Waals surface area contributed by atoms with Crippen molar-refractivity contribution in [2.45, 2.75) is 44.5 Å². The molecule has 1 aliphatic heterocycles. The molecule has 0 radical (unpaired) electrons. The zero-order chi connectivity index (χ0) is 11.6. The van der Waals surface area contributed by atoms with Gasteiger partial charge in [0.25, 0.3) is 0 Å². The van der Waals surface area contributed by atoms with Gasteiger partial charge in [0.15, 0.2) is 0 Å². The molecule has 0 aromatic rings. The van der Waals surface area contributed by atoms with Crippen LogP contribution in [0.4, 0.5) is 0 Å². The van der Waals surface area contributed by atoms with E-state index in [9.17, 15) is 10.4 Å². The Hall–Kier alpha value is -0.850. The van der Waals surface area contributed by atoms with Crippen LogP contribution in [0, 0.1) is 28.6 Å². The maximum Gasteiger partial charge on any atom is 0.130 e. The van der Waals surface area contributed by atoms with Gasteiger partial charge in [-0.25, -0.2) is 0 Å². The van der Waals surface area contributed by atoms with Crippen molar-refractivity contribution < 1.29 is 9.84 Å². The zero-order valence-corrected chi connectivity index (χ0v) is 9.68. The Kier molecular flexibility index (Phi) is 1.86. The molecule has 1 N–H and O–H groups in total. The number of nitriles is 1. The van der Waals surface area contributed by atoms with E-state index >= 15 is 0 Å². The largest absolute Gasteiger partial charge is 0.381 e. The normalized spacial score (nSPS) is 58.4. The third-order valence-corrected chi connectivity index (χ3v) is 4.52. The van der Waals surface area contributed by atoms with Gasteiger partial charge in [-0.3, -0.25) is 0 Å². The van der Waals surface area contributed by atoms with Crippen molar-refractivity contribution in [3.05, 3.63) is 12.2 Å². The van der Waals surface area contributed by atoms with E-state index < -0.39 is 11.0 Å². The molecule has 3 heteroatoms. The van der Waals surface area contributed by atoms with Crippen LogP contribution in [0.3, 0.4) is 0 Å². The molecule has 3 aliphatic rings. The fourth-order valence-electron chi connectivity index (χ4n) is 3.62. The summed E-state index contributed by atoms with van der Waals surface area (Å²) in [6.45, 7) is 4.21. The quantitative estimate of drug-likeness (QED) is 0.497. The number of allylic oxidation sites excluding steroid dienone is 1. The van der Waals surface area contributed by atoms with Gasteiger partial charge in [0, 0.05) is 0 Å². The van der Waals surface area contributed by atoms with Crippen LogP contribution in [0.1, 0.15) is 26.7 Å². The Morgan fingerprint density at radius 2 is 2.19 bits per heavy atom. The number of ether oxygens (including phenoxy) is 1. The smallest absolute Gasteiger partial charge is 0.130 e. The highest BCUT2D eigenvalue weighted by Gasteiger charge is 2.69. The molecular formula is C13H17NO2. The molecule has 0 aromatic heterocycles. The van der Waals surface area contributed by atoms with Crippen LogP contribution < -0.4 is 0 Å². The molecule has 0 unspecified atom stereocenters. The predicted molar refractivity (Wildman–Crippen MR) is 58.4 cm³/mol. The number of hydrogen-bond acceptors (Lipinski definition) is 3. The van der Waals surface area contributed by atoms with Gasteiger partial charge in [-0.2, -0.15) is 5.26 Å². The molecule has 3 rings (SSSR count). The molecule has 3 nitrogen and oxygen atoms in total. The van der Waals surface area contributed by atoms with Crippen molar-refractivity contribution in [3.63, 3.8) is 0 Å². The van der Waals surface area contributed by atoms with Crippen molar-refractivity contribution in [2.75, 3.05) is 0 Å². The fourth-order valence-corrected chi connectivity index (χ4v) is 3.62. The summed E-state index contributed by atoms with van der Waals surface area (Å²) >= 11 is 0. The summed E-state index contributed by atoms with van der Waals surface area (Å²) in [5.41, 5.74) is -1.69. The van der Waals surface area contributed by atoms with E-state index in [2.05, 4.69) is 19.9 Å². The number of aliphatic hydroxyl groups is 1. The summed E-state index contributed by atoms with van der Waals surface area (Å²) < 4.78 is 5.57. The summed E-state index contributed by atoms with van der Waals surface area (Å²) in [4.78, 5) is 0. The number of fused-ring (bicyclic) bond motifs is 3. The lowest BCUT2D eigenvalue weighted by molar-refractivity contribution is -0.0660. The molecule has 1 heterocycles. The second-order valence-corrected chi connectivity index (χ2v) is 5.76. The standard InChI is InChI=1S/C13H17NO2/c1-8-3-4-13(15)11-10(16-11)9(2)6-12(13,5-8)7-14/h3-4,8-11,15H,5-6H2,1-2H3/t8-,9-,10+,11+,12-,13-/m1/s1. The van der Waals surface area contributed by atoms with Gasteiger partial charge < -0.3 is 9.84 Å².